The molecule has 0 saturated carbocycles. The minimum atomic E-state index is -2.31. The van der Waals surface area contributed by atoms with Crippen LogP contribution in [-0.2, 0) is 54.1 Å². The predicted molar refractivity (Wildman–Crippen MR) is 215 cm³/mol. The average Bonchev–Trinajstić information content (AvgIpc) is 3.64. The molecule has 20 nitrogen and oxygen atoms in total. The van der Waals surface area contributed by atoms with Crippen molar-refractivity contribution in [3.63, 3.8) is 0 Å². The molecule has 3 aliphatic heterocycles. The fraction of sp³-hybridized carbons (Fsp3) is 0.558. The number of methoxy groups -OCH3 is 2. The van der Waals surface area contributed by atoms with Gasteiger partial charge in [0.1, 0.15) is 29.0 Å². The van der Waals surface area contributed by atoms with Gasteiger partial charge in [-0.3, -0.25) is 38.5 Å². The number of aromatic hydroxyl groups is 2. The van der Waals surface area contributed by atoms with Gasteiger partial charge in [0, 0.05) is 88.4 Å². The number of nitrogens with one attached hydrogen (secondary N) is 3. The minimum absolute atomic E-state index is 0.0591. The summed E-state index contributed by atoms with van der Waals surface area (Å²) in [7, 11) is 2.85. The summed E-state index contributed by atoms with van der Waals surface area (Å²) < 4.78 is 35.8. The van der Waals surface area contributed by atoms with Gasteiger partial charge in [-0.05, 0) is 19.4 Å². The molecule has 3 saturated heterocycles. The van der Waals surface area contributed by atoms with Crippen LogP contribution in [0.25, 0.3) is 0 Å². The van der Waals surface area contributed by atoms with Gasteiger partial charge in [0.15, 0.2) is 36.2 Å². The molecule has 2 aromatic carbocycles. The van der Waals surface area contributed by atoms with Crippen LogP contribution in [0.2, 0.25) is 0 Å². The van der Waals surface area contributed by atoms with E-state index in [1.54, 1.807) is 6.92 Å². The second-order valence-corrected chi connectivity index (χ2v) is 16.3. The molecule has 6 N–H and O–H groups in total. The summed E-state index contributed by atoms with van der Waals surface area (Å²) in [6.45, 7) is 3.39. The number of ketones is 4. The molecule has 7 rings (SSSR count). The molecular weight excluding hydrogens is 828 g/mol. The Labute approximate surface area is 361 Å². The van der Waals surface area contributed by atoms with Gasteiger partial charge >= 0.3 is 0 Å². The van der Waals surface area contributed by atoms with Crippen molar-refractivity contribution in [3.8, 4) is 17.2 Å². The Hall–Kier alpha value is -5.35. The topological polar surface area (TPSA) is 275 Å². The Morgan fingerprint density at radius 3 is 2.38 bits per heavy atom. The van der Waals surface area contributed by atoms with Crippen molar-refractivity contribution in [1.82, 2.24) is 20.9 Å². The smallest absolute Gasteiger partial charge is 0.252 e. The van der Waals surface area contributed by atoms with Gasteiger partial charge in [-0.15, -0.1) is 0 Å². The summed E-state index contributed by atoms with van der Waals surface area (Å²) in [4.78, 5) is 91.7. The molecule has 0 spiro atoms. The third kappa shape index (κ3) is 9.06. The molecule has 8 atom stereocenters. The average molecular weight is 881 g/mol. The summed E-state index contributed by atoms with van der Waals surface area (Å²) in [6.07, 6.45) is -5.52. The lowest BCUT2D eigenvalue weighted by Crippen LogP contribution is -2.55. The molecule has 0 unspecified atom stereocenters. The number of phenols is 2. The van der Waals surface area contributed by atoms with E-state index in [1.165, 1.54) is 39.3 Å². The molecule has 0 radical (unpaired) electrons. The molecule has 3 heterocycles. The van der Waals surface area contributed by atoms with Gasteiger partial charge in [-0.25, -0.2) is 0 Å². The lowest BCUT2D eigenvalue weighted by Gasteiger charge is -2.43. The quantitative estimate of drug-likeness (QED) is 0.0829. The van der Waals surface area contributed by atoms with Crippen LogP contribution in [0.5, 0.6) is 17.2 Å². The number of benzene rings is 2. The Morgan fingerprint density at radius 2 is 1.65 bits per heavy atom. The number of morpholine rings is 1. The number of fused-ring (bicyclic) bond motifs is 6. The number of Topliss-reactive ketones (excluding diaryl/α,β-unsaturated/α-hetero) is 2. The zero-order valence-electron chi connectivity index (χ0n) is 35.4. The van der Waals surface area contributed by atoms with Crippen LogP contribution in [0, 0.1) is 0 Å². The first-order valence-corrected chi connectivity index (χ1v) is 20.9. The number of rotatable bonds is 16. The minimum Gasteiger partial charge on any atom is -0.507 e. The summed E-state index contributed by atoms with van der Waals surface area (Å²) in [5, 5.41) is 43.5. The van der Waals surface area contributed by atoms with Gasteiger partial charge in [-0.2, -0.15) is 0 Å². The van der Waals surface area contributed by atoms with Gasteiger partial charge in [-0.1, -0.05) is 12.1 Å². The first kappa shape index (κ1) is 45.7. The van der Waals surface area contributed by atoms with Crippen LogP contribution >= 0.6 is 0 Å². The lowest BCUT2D eigenvalue weighted by molar-refractivity contribution is -0.256. The summed E-state index contributed by atoms with van der Waals surface area (Å²) in [5.74, 6) is -5.36. The van der Waals surface area contributed by atoms with Crippen LogP contribution in [0.3, 0.4) is 0 Å². The standard InChI is InChI=1S/C43H52N4O16/c1-20-39-26(47-13-14-60-41(59-4)40(47)63-39)15-30(61-20)62-28-17-43(57,42(56)44-12-6-7-22(49)19-46-29(51)11-10-23(50)18-45-21(2)48)16-25-32(28)38(55)34-33(36(25)53)35(52)24-8-5-9-27(58-3)31(24)37(34)54/h5,8-9,20,26,28,30,39-41,53,55,57H,6-7,10-19H2,1-4H3,(H,44,56)(H,45,48)(H,46,51)/t20-,26-,28-,30-,39+,40+,41-,43-/m0/s1. The zero-order valence-corrected chi connectivity index (χ0v) is 35.4. The van der Waals surface area contributed by atoms with Crippen LogP contribution in [-0.4, -0.2) is 151 Å². The van der Waals surface area contributed by atoms with Crippen molar-refractivity contribution >= 4 is 40.9 Å². The molecule has 3 fully saturated rings. The molecule has 340 valence electrons. The number of hydrogen-bond donors (Lipinski definition) is 6. The first-order chi connectivity index (χ1) is 30.1. The van der Waals surface area contributed by atoms with Crippen molar-refractivity contribution in [1.29, 1.82) is 0 Å². The maximum atomic E-state index is 14.2. The molecule has 2 aromatic rings. The number of nitrogens with zero attached hydrogens (tertiary/aromatic N) is 1. The molecule has 20 heteroatoms. The van der Waals surface area contributed by atoms with E-state index in [2.05, 4.69) is 20.9 Å². The highest BCUT2D eigenvalue weighted by atomic mass is 16.7. The number of phenolic OH excluding ortho intramolecular Hbond substituents is 2. The number of carbonyl (C=O) groups is 7. The van der Waals surface area contributed by atoms with E-state index in [-0.39, 0.29) is 109 Å². The molecule has 2 aliphatic carbocycles. The molecule has 0 aromatic heterocycles. The molecular formula is C43H52N4O16. The van der Waals surface area contributed by atoms with Gasteiger partial charge in [0.05, 0.1) is 55.7 Å². The van der Waals surface area contributed by atoms with Crippen molar-refractivity contribution in [2.45, 2.75) is 108 Å². The molecule has 63 heavy (non-hydrogen) atoms. The van der Waals surface area contributed by atoms with Crippen LogP contribution in [0.1, 0.15) is 101 Å². The Morgan fingerprint density at radius 1 is 0.921 bits per heavy atom. The van der Waals surface area contributed by atoms with Gasteiger partial charge in [0.2, 0.25) is 17.6 Å². The van der Waals surface area contributed by atoms with Gasteiger partial charge < -0.3 is 59.7 Å². The van der Waals surface area contributed by atoms with Crippen molar-refractivity contribution in [2.24, 2.45) is 0 Å². The van der Waals surface area contributed by atoms with Crippen molar-refractivity contribution in [3.05, 3.63) is 51.6 Å². The second-order valence-electron chi connectivity index (χ2n) is 16.3. The number of ether oxygens (including phenoxy) is 6. The third-order valence-corrected chi connectivity index (χ3v) is 12.2. The highest BCUT2D eigenvalue weighted by molar-refractivity contribution is 6.31. The van der Waals surface area contributed by atoms with Crippen LogP contribution in [0.4, 0.5) is 0 Å². The second kappa shape index (κ2) is 18.8. The number of carbonyl (C=O) groups excluding carboxylic acids is 7. The molecule has 3 amide bonds. The van der Waals surface area contributed by atoms with Crippen LogP contribution < -0.4 is 20.7 Å². The largest absolute Gasteiger partial charge is 0.507 e. The fourth-order valence-electron chi connectivity index (χ4n) is 9.09. The number of aliphatic hydroxyl groups is 1. The maximum Gasteiger partial charge on any atom is 0.252 e. The monoisotopic (exact) mass is 880 g/mol. The summed E-state index contributed by atoms with van der Waals surface area (Å²) in [5.41, 5.74) is -3.74. The van der Waals surface area contributed by atoms with E-state index < -0.39 is 95.5 Å². The van der Waals surface area contributed by atoms with Crippen molar-refractivity contribution in [2.75, 3.05) is 47.0 Å². The van der Waals surface area contributed by atoms with Gasteiger partial charge in [0.25, 0.3) is 5.91 Å². The lowest BCUT2D eigenvalue weighted by atomic mass is 9.72. The maximum absolute atomic E-state index is 14.2. The Balaban J connectivity index is 1.09. The Bertz CT molecular complexity index is 2200. The third-order valence-electron chi connectivity index (χ3n) is 12.2. The highest BCUT2D eigenvalue weighted by Crippen LogP contribution is 2.53. The Kier molecular flexibility index (Phi) is 13.6. The SMILES string of the molecule is COc1cccc2c1C(=O)c1c(O)c3c(c(O)c1C2=O)C[C@@](O)(C(=O)NCCCC(=O)CNC(=O)CCC(=O)CNC(C)=O)C[C@@H]3O[C@H]1C[C@H]2[C@H](O[C@@H]3[C@@H](OC)OCCN32)[C@H](C)O1. The van der Waals surface area contributed by atoms with Crippen molar-refractivity contribution < 1.29 is 77.3 Å². The van der Waals surface area contributed by atoms with Crippen LogP contribution in [0.15, 0.2) is 18.2 Å². The summed E-state index contributed by atoms with van der Waals surface area (Å²) in [6, 6.07) is 4.15. The van der Waals surface area contributed by atoms with E-state index in [1.807, 2.05) is 0 Å². The predicted octanol–water partition coefficient (Wildman–Crippen LogP) is 0.217. The normalized spacial score (nSPS) is 27.2. The number of amides is 3. The summed E-state index contributed by atoms with van der Waals surface area (Å²) >= 11 is 0. The van der Waals surface area contributed by atoms with E-state index in [0.717, 1.165) is 0 Å². The van der Waals surface area contributed by atoms with E-state index in [4.69, 9.17) is 28.4 Å². The first-order valence-electron chi connectivity index (χ1n) is 20.9. The molecule has 0 bridgehead atoms. The fourth-order valence-corrected chi connectivity index (χ4v) is 9.09. The highest BCUT2D eigenvalue weighted by Gasteiger charge is 2.55. The van der Waals surface area contributed by atoms with E-state index in [9.17, 15) is 48.9 Å². The van der Waals surface area contributed by atoms with E-state index >= 15 is 0 Å². The zero-order chi connectivity index (χ0) is 45.3. The molecule has 5 aliphatic rings. The number of hydrogen-bond acceptors (Lipinski definition) is 17. The van der Waals surface area contributed by atoms with E-state index in [0.29, 0.717) is 13.2 Å².